The molecule has 1 aliphatic carbocycles. The van der Waals surface area contributed by atoms with Crippen LogP contribution in [0.25, 0.3) is 0 Å². The third-order valence-corrected chi connectivity index (χ3v) is 5.86. The fraction of sp³-hybridized carbons (Fsp3) is 0.387. The molecule has 0 amide bonds. The molecular formula is C31H42O. The van der Waals surface area contributed by atoms with E-state index in [2.05, 4.69) is 77.2 Å². The second-order valence-electron chi connectivity index (χ2n) is 9.51. The van der Waals surface area contributed by atoms with Crippen LogP contribution in [0.5, 0.6) is 0 Å². The minimum absolute atomic E-state index is 0.103. The van der Waals surface area contributed by atoms with Crippen molar-refractivity contribution in [2.45, 2.75) is 74.7 Å². The number of carbonyl (C=O) groups excluding carboxylic acids is 1. The van der Waals surface area contributed by atoms with Gasteiger partial charge in [0.05, 0.1) is 0 Å². The largest absolute Gasteiger partial charge is 0.295 e. The van der Waals surface area contributed by atoms with Crippen LogP contribution in [-0.2, 0) is 4.79 Å². The van der Waals surface area contributed by atoms with Gasteiger partial charge >= 0.3 is 0 Å². The SMILES string of the molecule is CC(=O)\C(C)=C/C=C/C(C)=C\C=C\C=C(C)/C=C/C=C(C)\C=C\C1=C(C)CCCC1(C)C. The summed E-state index contributed by atoms with van der Waals surface area (Å²) in [5.74, 6) is 0.103. The molecule has 0 heterocycles. The summed E-state index contributed by atoms with van der Waals surface area (Å²) in [6, 6.07) is 0. The number of hydrogen-bond acceptors (Lipinski definition) is 1. The Labute approximate surface area is 197 Å². The highest BCUT2D eigenvalue weighted by Crippen LogP contribution is 2.40. The van der Waals surface area contributed by atoms with E-state index in [4.69, 9.17) is 0 Å². The summed E-state index contributed by atoms with van der Waals surface area (Å²) in [5.41, 5.74) is 7.67. The normalized spacial score (nSPS) is 19.4. The van der Waals surface area contributed by atoms with Gasteiger partial charge in [-0.1, -0.05) is 109 Å². The van der Waals surface area contributed by atoms with Gasteiger partial charge in [-0.2, -0.15) is 0 Å². The van der Waals surface area contributed by atoms with Crippen LogP contribution >= 0.6 is 0 Å². The van der Waals surface area contributed by atoms with Crippen LogP contribution in [0.2, 0.25) is 0 Å². The van der Waals surface area contributed by atoms with Crippen LogP contribution in [0.4, 0.5) is 0 Å². The van der Waals surface area contributed by atoms with Crippen LogP contribution in [0.1, 0.15) is 74.7 Å². The maximum Gasteiger partial charge on any atom is 0.155 e. The molecule has 0 bridgehead atoms. The summed E-state index contributed by atoms with van der Waals surface area (Å²) in [5, 5.41) is 0. The van der Waals surface area contributed by atoms with Gasteiger partial charge in [-0.25, -0.2) is 0 Å². The molecule has 1 nitrogen and oxygen atoms in total. The summed E-state index contributed by atoms with van der Waals surface area (Å²) >= 11 is 0. The molecule has 0 fully saturated rings. The Bertz CT molecular complexity index is 931. The number of rotatable bonds is 9. The van der Waals surface area contributed by atoms with Crippen molar-refractivity contribution in [3.8, 4) is 0 Å². The molecule has 0 N–H and O–H groups in total. The molecule has 32 heavy (non-hydrogen) atoms. The number of Topliss-reactive ketones (excluding diaryl/α,β-unsaturated/α-hetero) is 1. The van der Waals surface area contributed by atoms with E-state index in [1.807, 2.05) is 44.2 Å². The molecule has 0 aromatic rings. The standard InChI is InChI=1S/C31H42O/c1-24(14-9-10-15-25(2)18-12-19-27(4)29(6)32)16-11-17-26(3)21-22-30-28(5)20-13-23-31(30,7)8/h9-12,14-19,21-22H,13,20,23H2,1-8H3/b10-9+,16-11+,18-12+,22-21+,24-14-,25-15-,26-17-,27-19-. The van der Waals surface area contributed by atoms with Gasteiger partial charge in [-0.05, 0) is 77.4 Å². The van der Waals surface area contributed by atoms with Crippen molar-refractivity contribution in [1.29, 1.82) is 0 Å². The Hall–Kier alpha value is -2.67. The highest BCUT2D eigenvalue weighted by Gasteiger charge is 2.26. The smallest absolute Gasteiger partial charge is 0.155 e. The van der Waals surface area contributed by atoms with Crippen LogP contribution in [0.15, 0.2) is 106 Å². The average Bonchev–Trinajstić information content (AvgIpc) is 2.70. The molecule has 1 heteroatoms. The monoisotopic (exact) mass is 430 g/mol. The lowest BCUT2D eigenvalue weighted by Crippen LogP contribution is -2.19. The first kappa shape index (κ1) is 27.4. The quantitative estimate of drug-likeness (QED) is 0.263. The van der Waals surface area contributed by atoms with E-state index in [0.29, 0.717) is 0 Å². The van der Waals surface area contributed by atoms with Crippen molar-refractivity contribution >= 4 is 5.78 Å². The Morgan fingerprint density at radius 1 is 0.750 bits per heavy atom. The Morgan fingerprint density at radius 2 is 1.25 bits per heavy atom. The second kappa shape index (κ2) is 13.7. The van der Waals surface area contributed by atoms with E-state index in [0.717, 1.165) is 11.1 Å². The molecule has 1 rings (SSSR count). The van der Waals surface area contributed by atoms with Gasteiger partial charge in [-0.3, -0.25) is 4.79 Å². The molecule has 172 valence electrons. The molecule has 0 aliphatic heterocycles. The Morgan fingerprint density at radius 3 is 1.78 bits per heavy atom. The zero-order chi connectivity index (χ0) is 24.1. The zero-order valence-corrected chi connectivity index (χ0v) is 21.5. The van der Waals surface area contributed by atoms with Crippen LogP contribution in [-0.4, -0.2) is 5.78 Å². The third-order valence-electron chi connectivity index (χ3n) is 5.86. The van der Waals surface area contributed by atoms with E-state index in [9.17, 15) is 4.79 Å². The predicted molar refractivity (Wildman–Crippen MR) is 143 cm³/mol. The van der Waals surface area contributed by atoms with Gasteiger partial charge in [-0.15, -0.1) is 0 Å². The molecule has 0 saturated heterocycles. The first-order valence-electron chi connectivity index (χ1n) is 11.6. The van der Waals surface area contributed by atoms with Gasteiger partial charge in [0, 0.05) is 0 Å². The average molecular weight is 431 g/mol. The Kier molecular flexibility index (Phi) is 11.7. The van der Waals surface area contributed by atoms with Crippen molar-refractivity contribution in [2.75, 3.05) is 0 Å². The molecule has 0 aromatic heterocycles. The van der Waals surface area contributed by atoms with Crippen LogP contribution in [0.3, 0.4) is 0 Å². The lowest BCUT2D eigenvalue weighted by atomic mass is 9.72. The van der Waals surface area contributed by atoms with Crippen molar-refractivity contribution < 1.29 is 4.79 Å². The van der Waals surface area contributed by atoms with Gasteiger partial charge in [0.1, 0.15) is 0 Å². The summed E-state index contributed by atoms with van der Waals surface area (Å²) in [6.07, 6.45) is 28.7. The van der Waals surface area contributed by atoms with Gasteiger partial charge in [0.15, 0.2) is 5.78 Å². The molecular weight excluding hydrogens is 388 g/mol. The molecule has 0 aromatic carbocycles. The molecule has 1 aliphatic rings. The van der Waals surface area contributed by atoms with Crippen LogP contribution < -0.4 is 0 Å². The number of carbonyl (C=O) groups is 1. The van der Waals surface area contributed by atoms with E-state index in [1.165, 1.54) is 41.6 Å². The molecule has 0 spiro atoms. The first-order chi connectivity index (χ1) is 15.0. The summed E-state index contributed by atoms with van der Waals surface area (Å²) in [6.45, 7) is 16.7. The predicted octanol–water partition coefficient (Wildman–Crippen LogP) is 9.11. The van der Waals surface area contributed by atoms with Gasteiger partial charge in [0.25, 0.3) is 0 Å². The minimum Gasteiger partial charge on any atom is -0.295 e. The fourth-order valence-electron chi connectivity index (χ4n) is 3.62. The van der Waals surface area contributed by atoms with Crippen molar-refractivity contribution in [3.05, 3.63) is 106 Å². The number of hydrogen-bond donors (Lipinski definition) is 0. The fourth-order valence-corrected chi connectivity index (χ4v) is 3.62. The molecule has 0 atom stereocenters. The lowest BCUT2D eigenvalue weighted by Gasteiger charge is -2.32. The lowest BCUT2D eigenvalue weighted by molar-refractivity contribution is -0.113. The maximum absolute atomic E-state index is 11.2. The highest BCUT2D eigenvalue weighted by molar-refractivity contribution is 5.92. The first-order valence-corrected chi connectivity index (χ1v) is 11.6. The maximum atomic E-state index is 11.2. The van der Waals surface area contributed by atoms with E-state index in [-0.39, 0.29) is 11.2 Å². The molecule has 0 saturated carbocycles. The van der Waals surface area contributed by atoms with E-state index >= 15 is 0 Å². The van der Waals surface area contributed by atoms with Crippen molar-refractivity contribution in [1.82, 2.24) is 0 Å². The highest BCUT2D eigenvalue weighted by atomic mass is 16.1. The Balaban J connectivity index is 2.65. The minimum atomic E-state index is 0.103. The van der Waals surface area contributed by atoms with Crippen molar-refractivity contribution in [3.63, 3.8) is 0 Å². The molecule has 0 radical (unpaired) electrons. The van der Waals surface area contributed by atoms with Crippen molar-refractivity contribution in [2.24, 2.45) is 5.41 Å². The summed E-state index contributed by atoms with van der Waals surface area (Å²) in [4.78, 5) is 11.2. The summed E-state index contributed by atoms with van der Waals surface area (Å²) < 4.78 is 0. The van der Waals surface area contributed by atoms with E-state index < -0.39 is 0 Å². The zero-order valence-electron chi connectivity index (χ0n) is 21.5. The molecule has 0 unspecified atom stereocenters. The summed E-state index contributed by atoms with van der Waals surface area (Å²) in [7, 11) is 0. The van der Waals surface area contributed by atoms with E-state index in [1.54, 1.807) is 6.92 Å². The number of allylic oxidation sites excluding steroid dienone is 18. The topological polar surface area (TPSA) is 17.1 Å². The van der Waals surface area contributed by atoms with Crippen LogP contribution in [0, 0.1) is 5.41 Å². The van der Waals surface area contributed by atoms with Gasteiger partial charge in [0.2, 0.25) is 0 Å². The number of ketones is 1. The third kappa shape index (κ3) is 10.6. The second-order valence-corrected chi connectivity index (χ2v) is 9.51. The van der Waals surface area contributed by atoms with Gasteiger partial charge < -0.3 is 0 Å².